The molecule has 0 spiro atoms. The van der Waals surface area contributed by atoms with Crippen LogP contribution in [0.25, 0.3) is 11.1 Å². The van der Waals surface area contributed by atoms with Gasteiger partial charge in [-0.25, -0.2) is 0 Å². The van der Waals surface area contributed by atoms with Gasteiger partial charge in [-0.15, -0.1) is 11.3 Å². The lowest BCUT2D eigenvalue weighted by Gasteiger charge is -2.24. The van der Waals surface area contributed by atoms with Crippen LogP contribution < -0.4 is 10.1 Å². The molecule has 4 rings (SSSR count). The van der Waals surface area contributed by atoms with Crippen molar-refractivity contribution >= 4 is 17.2 Å². The van der Waals surface area contributed by atoms with E-state index in [0.29, 0.717) is 6.54 Å². The van der Waals surface area contributed by atoms with E-state index in [4.69, 9.17) is 4.74 Å². The average molecular weight is 407 g/mol. The first-order valence-corrected chi connectivity index (χ1v) is 10.9. The minimum absolute atomic E-state index is 0.0459. The molecule has 4 nitrogen and oxygen atoms in total. The Kier molecular flexibility index (Phi) is 6.27. The summed E-state index contributed by atoms with van der Waals surface area (Å²) in [5, 5.41) is 5.15. The Morgan fingerprint density at radius 1 is 1.14 bits per heavy atom. The Morgan fingerprint density at radius 3 is 2.76 bits per heavy atom. The van der Waals surface area contributed by atoms with Crippen LogP contribution in [0.2, 0.25) is 0 Å². The van der Waals surface area contributed by atoms with Gasteiger partial charge >= 0.3 is 0 Å². The van der Waals surface area contributed by atoms with Crippen LogP contribution in [-0.2, 0) is 17.9 Å². The average Bonchev–Trinajstić information content (AvgIpc) is 3.44. The van der Waals surface area contributed by atoms with E-state index in [-0.39, 0.29) is 11.9 Å². The number of methoxy groups -OCH3 is 1. The summed E-state index contributed by atoms with van der Waals surface area (Å²) in [4.78, 5) is 16.2. The predicted molar refractivity (Wildman–Crippen MR) is 118 cm³/mol. The first kappa shape index (κ1) is 19.7. The molecular formula is C24H26N2O2S. The number of hydrogen-bond acceptors (Lipinski definition) is 4. The van der Waals surface area contributed by atoms with Crippen molar-refractivity contribution in [3.8, 4) is 16.9 Å². The zero-order valence-corrected chi connectivity index (χ0v) is 17.5. The maximum absolute atomic E-state index is 12.7. The van der Waals surface area contributed by atoms with Crippen molar-refractivity contribution in [2.24, 2.45) is 0 Å². The molecule has 0 bridgehead atoms. The van der Waals surface area contributed by atoms with Crippen LogP contribution in [0.3, 0.4) is 0 Å². The van der Waals surface area contributed by atoms with Crippen LogP contribution in [0, 0.1) is 0 Å². The zero-order valence-electron chi connectivity index (χ0n) is 16.6. The van der Waals surface area contributed by atoms with E-state index in [1.807, 2.05) is 23.6 Å². The molecule has 0 radical (unpaired) electrons. The maximum atomic E-state index is 12.7. The topological polar surface area (TPSA) is 41.6 Å². The maximum Gasteiger partial charge on any atom is 0.237 e. The van der Waals surface area contributed by atoms with Gasteiger partial charge in [-0.3, -0.25) is 9.69 Å². The van der Waals surface area contributed by atoms with Gasteiger partial charge in [0.25, 0.3) is 0 Å². The number of nitrogens with zero attached hydrogens (tertiary/aromatic N) is 1. The highest BCUT2D eigenvalue weighted by atomic mass is 32.1. The lowest BCUT2D eigenvalue weighted by molar-refractivity contribution is -0.125. The van der Waals surface area contributed by atoms with Crippen molar-refractivity contribution in [3.63, 3.8) is 0 Å². The van der Waals surface area contributed by atoms with Gasteiger partial charge in [0.1, 0.15) is 5.75 Å². The smallest absolute Gasteiger partial charge is 0.237 e. The second kappa shape index (κ2) is 9.25. The van der Waals surface area contributed by atoms with E-state index >= 15 is 0 Å². The summed E-state index contributed by atoms with van der Waals surface area (Å²) in [5.41, 5.74) is 3.53. The molecule has 1 amide bonds. The Hall–Kier alpha value is -2.63. The van der Waals surface area contributed by atoms with Gasteiger partial charge in [0.2, 0.25) is 5.91 Å². The molecule has 3 aromatic rings. The zero-order chi connectivity index (χ0) is 20.1. The minimum atomic E-state index is -0.0459. The first-order valence-electron chi connectivity index (χ1n) is 10.0. The summed E-state index contributed by atoms with van der Waals surface area (Å²) in [6, 6.07) is 20.7. The molecular weight excluding hydrogens is 380 g/mol. The van der Waals surface area contributed by atoms with E-state index in [1.165, 1.54) is 16.0 Å². The highest BCUT2D eigenvalue weighted by molar-refractivity contribution is 7.09. The van der Waals surface area contributed by atoms with Gasteiger partial charge in [-0.05, 0) is 65.7 Å². The Morgan fingerprint density at radius 2 is 1.97 bits per heavy atom. The van der Waals surface area contributed by atoms with Crippen LogP contribution in [0.5, 0.6) is 5.75 Å². The Labute approximate surface area is 176 Å². The molecule has 29 heavy (non-hydrogen) atoms. The highest BCUT2D eigenvalue weighted by Crippen LogP contribution is 2.26. The molecule has 0 aliphatic carbocycles. The number of amides is 1. The molecule has 1 atom stereocenters. The normalized spacial score (nSPS) is 16.7. The number of carbonyl (C=O) groups is 1. The summed E-state index contributed by atoms with van der Waals surface area (Å²) in [5.74, 6) is 0.995. The van der Waals surface area contributed by atoms with Crippen molar-refractivity contribution in [2.45, 2.75) is 32.0 Å². The molecule has 1 aromatic heterocycles. The van der Waals surface area contributed by atoms with Gasteiger partial charge in [0, 0.05) is 11.4 Å². The third-order valence-corrected chi connectivity index (χ3v) is 6.28. The van der Waals surface area contributed by atoms with E-state index in [9.17, 15) is 4.79 Å². The van der Waals surface area contributed by atoms with Crippen LogP contribution in [0.1, 0.15) is 23.3 Å². The van der Waals surface area contributed by atoms with Crippen LogP contribution in [0.15, 0.2) is 66.0 Å². The van der Waals surface area contributed by atoms with E-state index in [2.05, 4.69) is 52.7 Å². The third kappa shape index (κ3) is 4.86. The van der Waals surface area contributed by atoms with Gasteiger partial charge in [-0.1, -0.05) is 36.4 Å². The van der Waals surface area contributed by atoms with Crippen LogP contribution in [0.4, 0.5) is 0 Å². The molecule has 1 aliphatic rings. The largest absolute Gasteiger partial charge is 0.497 e. The number of thiophene rings is 1. The molecule has 1 aliphatic heterocycles. The molecule has 1 unspecified atom stereocenters. The van der Waals surface area contributed by atoms with Gasteiger partial charge in [-0.2, -0.15) is 0 Å². The van der Waals surface area contributed by atoms with Crippen molar-refractivity contribution in [3.05, 3.63) is 76.5 Å². The molecule has 1 saturated heterocycles. The molecule has 5 heteroatoms. The van der Waals surface area contributed by atoms with Gasteiger partial charge in [0.15, 0.2) is 0 Å². The van der Waals surface area contributed by atoms with Crippen LogP contribution >= 0.6 is 11.3 Å². The van der Waals surface area contributed by atoms with Gasteiger partial charge in [0.05, 0.1) is 19.7 Å². The molecule has 2 heterocycles. The lowest BCUT2D eigenvalue weighted by atomic mass is 10.0. The molecule has 1 N–H and O–H groups in total. The van der Waals surface area contributed by atoms with E-state index < -0.39 is 0 Å². The lowest BCUT2D eigenvalue weighted by Crippen LogP contribution is -2.42. The Balaban J connectivity index is 1.43. The minimum Gasteiger partial charge on any atom is -0.497 e. The standard InChI is InChI=1S/C24H26N2O2S/c1-28-21-9-3-8-20(15-21)19-7-2-6-18(14-19)17-26-12-4-11-23(26)24(27)25-16-22-10-5-13-29-22/h2-3,5-10,13-15,23H,4,11-12,16-17H2,1H3,(H,25,27). The van der Waals surface area contributed by atoms with Crippen molar-refractivity contribution in [1.82, 2.24) is 10.2 Å². The van der Waals surface area contributed by atoms with E-state index in [0.717, 1.165) is 37.2 Å². The number of carbonyl (C=O) groups excluding carboxylic acids is 1. The number of hydrogen-bond donors (Lipinski definition) is 1. The highest BCUT2D eigenvalue weighted by Gasteiger charge is 2.30. The number of benzene rings is 2. The summed E-state index contributed by atoms with van der Waals surface area (Å²) >= 11 is 1.68. The van der Waals surface area contributed by atoms with Crippen LogP contribution in [-0.4, -0.2) is 30.5 Å². The number of likely N-dealkylation sites (tertiary alicyclic amines) is 1. The first-order chi connectivity index (χ1) is 14.2. The second-order valence-electron chi connectivity index (χ2n) is 7.36. The summed E-state index contributed by atoms with van der Waals surface area (Å²) in [7, 11) is 1.69. The van der Waals surface area contributed by atoms with E-state index in [1.54, 1.807) is 18.4 Å². The van der Waals surface area contributed by atoms with Crippen molar-refractivity contribution in [1.29, 1.82) is 0 Å². The van der Waals surface area contributed by atoms with Gasteiger partial charge < -0.3 is 10.1 Å². The molecule has 0 saturated carbocycles. The quantitative estimate of drug-likeness (QED) is 0.618. The predicted octanol–water partition coefficient (Wildman–Crippen LogP) is 4.70. The summed E-state index contributed by atoms with van der Waals surface area (Å²) < 4.78 is 5.35. The molecule has 150 valence electrons. The Bertz CT molecular complexity index is 955. The fourth-order valence-corrected chi connectivity index (χ4v) is 4.55. The molecule has 2 aromatic carbocycles. The second-order valence-corrected chi connectivity index (χ2v) is 8.39. The fraction of sp³-hybridized carbons (Fsp3) is 0.292. The summed E-state index contributed by atoms with van der Waals surface area (Å²) in [6.45, 7) is 2.36. The monoisotopic (exact) mass is 406 g/mol. The SMILES string of the molecule is COc1cccc(-c2cccc(CN3CCCC3C(=O)NCc3cccs3)c2)c1. The number of ether oxygens (including phenoxy) is 1. The van der Waals surface area contributed by atoms with Crippen molar-refractivity contribution in [2.75, 3.05) is 13.7 Å². The van der Waals surface area contributed by atoms with Crippen molar-refractivity contribution < 1.29 is 9.53 Å². The third-order valence-electron chi connectivity index (χ3n) is 5.40. The number of rotatable bonds is 7. The number of nitrogens with one attached hydrogen (secondary N) is 1. The molecule has 1 fully saturated rings. The fourth-order valence-electron chi connectivity index (χ4n) is 3.90. The summed E-state index contributed by atoms with van der Waals surface area (Å²) in [6.07, 6.45) is 1.98.